The highest BCUT2D eigenvalue weighted by molar-refractivity contribution is 7.12. The van der Waals surface area contributed by atoms with Crippen molar-refractivity contribution in [2.24, 2.45) is 5.41 Å². The zero-order valence-electron chi connectivity index (χ0n) is 10.6. The molecule has 5 heteroatoms. The van der Waals surface area contributed by atoms with E-state index < -0.39 is 0 Å². The van der Waals surface area contributed by atoms with Gasteiger partial charge in [-0.25, -0.2) is 0 Å². The lowest BCUT2D eigenvalue weighted by atomic mass is 9.97. The quantitative estimate of drug-likeness (QED) is 0.812. The third-order valence-corrected chi connectivity index (χ3v) is 2.86. The van der Waals surface area contributed by atoms with E-state index >= 15 is 0 Å². The number of carbonyl (C=O) groups is 1. The van der Waals surface area contributed by atoms with E-state index in [0.29, 0.717) is 6.54 Å². The van der Waals surface area contributed by atoms with Crippen molar-refractivity contribution in [2.45, 2.75) is 20.8 Å². The molecule has 0 aliphatic carbocycles. The van der Waals surface area contributed by atoms with Gasteiger partial charge in [0.2, 0.25) is 0 Å². The third kappa shape index (κ3) is 7.36. The number of amides is 1. The Labute approximate surface area is 113 Å². The summed E-state index contributed by atoms with van der Waals surface area (Å²) in [6.45, 7) is 9.00. The Balaban J connectivity index is 0.00000256. The average Bonchev–Trinajstić information content (AvgIpc) is 2.67. The van der Waals surface area contributed by atoms with Gasteiger partial charge in [0.25, 0.3) is 5.91 Å². The molecule has 0 fully saturated rings. The zero-order chi connectivity index (χ0) is 12.0. The number of hydrogen-bond donors (Lipinski definition) is 2. The first-order chi connectivity index (χ1) is 7.49. The van der Waals surface area contributed by atoms with E-state index in [1.165, 1.54) is 11.3 Å². The summed E-state index contributed by atoms with van der Waals surface area (Å²) in [7, 11) is 0. The van der Waals surface area contributed by atoms with Crippen molar-refractivity contribution in [1.82, 2.24) is 10.6 Å². The van der Waals surface area contributed by atoms with E-state index in [2.05, 4.69) is 31.4 Å². The highest BCUT2D eigenvalue weighted by atomic mass is 35.5. The van der Waals surface area contributed by atoms with Crippen LogP contribution in [0.5, 0.6) is 0 Å². The maximum absolute atomic E-state index is 11.5. The molecule has 1 aromatic rings. The monoisotopic (exact) mass is 276 g/mol. The molecule has 0 spiro atoms. The first-order valence-electron chi connectivity index (χ1n) is 5.51. The van der Waals surface area contributed by atoms with Crippen LogP contribution >= 0.6 is 23.7 Å². The molecule has 1 aromatic heterocycles. The van der Waals surface area contributed by atoms with Crippen LogP contribution in [0.15, 0.2) is 17.5 Å². The molecular formula is C12H21ClN2OS. The lowest BCUT2D eigenvalue weighted by molar-refractivity contribution is 0.0958. The van der Waals surface area contributed by atoms with Gasteiger partial charge in [0.15, 0.2) is 0 Å². The molecule has 0 aromatic carbocycles. The van der Waals surface area contributed by atoms with Crippen molar-refractivity contribution >= 4 is 29.7 Å². The number of nitrogens with one attached hydrogen (secondary N) is 2. The Kier molecular flexibility index (Phi) is 7.43. The Morgan fingerprint density at radius 3 is 2.59 bits per heavy atom. The minimum absolute atomic E-state index is 0. The van der Waals surface area contributed by atoms with Crippen LogP contribution in [-0.2, 0) is 0 Å². The molecule has 1 heterocycles. The predicted octanol–water partition coefficient (Wildman–Crippen LogP) is 2.54. The molecule has 0 bridgehead atoms. The molecule has 0 saturated carbocycles. The molecule has 0 aliphatic rings. The van der Waals surface area contributed by atoms with Crippen LogP contribution in [0.3, 0.4) is 0 Å². The standard InChI is InChI=1S/C12H20N2OS.ClH/c1-12(2,3)9-13-6-7-14-11(15)10-5-4-8-16-10;/h4-5,8,13H,6-7,9H2,1-3H3,(H,14,15);1H. The number of carbonyl (C=O) groups excluding carboxylic acids is 1. The number of rotatable bonds is 5. The van der Waals surface area contributed by atoms with Gasteiger partial charge in [-0.1, -0.05) is 26.8 Å². The molecule has 0 saturated heterocycles. The summed E-state index contributed by atoms with van der Waals surface area (Å²) in [5.74, 6) is 0.0209. The fourth-order valence-electron chi connectivity index (χ4n) is 1.22. The second-order valence-corrected chi connectivity index (χ2v) is 5.92. The smallest absolute Gasteiger partial charge is 0.261 e. The largest absolute Gasteiger partial charge is 0.350 e. The van der Waals surface area contributed by atoms with Crippen molar-refractivity contribution in [3.8, 4) is 0 Å². The number of halogens is 1. The predicted molar refractivity (Wildman–Crippen MR) is 76.2 cm³/mol. The van der Waals surface area contributed by atoms with Gasteiger partial charge in [-0.3, -0.25) is 4.79 Å². The SMILES string of the molecule is CC(C)(C)CNCCNC(=O)c1cccs1.Cl. The van der Waals surface area contributed by atoms with Gasteiger partial charge < -0.3 is 10.6 Å². The minimum Gasteiger partial charge on any atom is -0.350 e. The lowest BCUT2D eigenvalue weighted by Crippen LogP contribution is -2.35. The van der Waals surface area contributed by atoms with Crippen LogP contribution < -0.4 is 10.6 Å². The Morgan fingerprint density at radius 2 is 2.06 bits per heavy atom. The summed E-state index contributed by atoms with van der Waals surface area (Å²) in [6, 6.07) is 3.72. The van der Waals surface area contributed by atoms with Gasteiger partial charge in [-0.15, -0.1) is 23.7 Å². The van der Waals surface area contributed by atoms with E-state index in [1.807, 2.05) is 17.5 Å². The number of hydrogen-bond acceptors (Lipinski definition) is 3. The highest BCUT2D eigenvalue weighted by Gasteiger charge is 2.09. The van der Waals surface area contributed by atoms with Crippen molar-refractivity contribution in [1.29, 1.82) is 0 Å². The normalized spacial score (nSPS) is 10.8. The first-order valence-corrected chi connectivity index (χ1v) is 6.39. The van der Waals surface area contributed by atoms with Gasteiger partial charge in [-0.2, -0.15) is 0 Å². The second-order valence-electron chi connectivity index (χ2n) is 4.97. The Morgan fingerprint density at radius 1 is 1.35 bits per heavy atom. The molecule has 0 atom stereocenters. The van der Waals surface area contributed by atoms with Crippen molar-refractivity contribution in [2.75, 3.05) is 19.6 Å². The molecule has 17 heavy (non-hydrogen) atoms. The van der Waals surface area contributed by atoms with Gasteiger partial charge in [0, 0.05) is 19.6 Å². The lowest BCUT2D eigenvalue weighted by Gasteiger charge is -2.18. The Hall–Kier alpha value is -0.580. The average molecular weight is 277 g/mol. The Bertz CT molecular complexity index is 320. The molecule has 0 radical (unpaired) electrons. The van der Waals surface area contributed by atoms with Crippen LogP contribution in [0.1, 0.15) is 30.4 Å². The maximum atomic E-state index is 11.5. The van der Waals surface area contributed by atoms with E-state index in [9.17, 15) is 4.79 Å². The summed E-state index contributed by atoms with van der Waals surface area (Å²) < 4.78 is 0. The number of thiophene rings is 1. The van der Waals surface area contributed by atoms with Crippen LogP contribution in [-0.4, -0.2) is 25.5 Å². The third-order valence-electron chi connectivity index (χ3n) is 1.99. The van der Waals surface area contributed by atoms with Gasteiger partial charge in [0.05, 0.1) is 4.88 Å². The summed E-state index contributed by atoms with van der Waals surface area (Å²) in [6.07, 6.45) is 0. The molecule has 1 rings (SSSR count). The molecule has 0 aliphatic heterocycles. The second kappa shape index (κ2) is 7.69. The molecule has 98 valence electrons. The van der Waals surface area contributed by atoms with Crippen molar-refractivity contribution in [3.63, 3.8) is 0 Å². The summed E-state index contributed by atoms with van der Waals surface area (Å²) in [4.78, 5) is 12.3. The van der Waals surface area contributed by atoms with E-state index in [-0.39, 0.29) is 23.7 Å². The van der Waals surface area contributed by atoms with Gasteiger partial charge in [-0.05, 0) is 16.9 Å². The van der Waals surface area contributed by atoms with E-state index in [4.69, 9.17) is 0 Å². The fraction of sp³-hybridized carbons (Fsp3) is 0.583. The van der Waals surface area contributed by atoms with E-state index in [0.717, 1.165) is 18.0 Å². The van der Waals surface area contributed by atoms with Crippen molar-refractivity contribution in [3.05, 3.63) is 22.4 Å². The maximum Gasteiger partial charge on any atom is 0.261 e. The van der Waals surface area contributed by atoms with Crippen LogP contribution in [0.25, 0.3) is 0 Å². The minimum atomic E-state index is 0. The highest BCUT2D eigenvalue weighted by Crippen LogP contribution is 2.09. The summed E-state index contributed by atoms with van der Waals surface area (Å²) in [5, 5.41) is 8.10. The van der Waals surface area contributed by atoms with Crippen molar-refractivity contribution < 1.29 is 4.79 Å². The molecule has 3 nitrogen and oxygen atoms in total. The topological polar surface area (TPSA) is 41.1 Å². The van der Waals surface area contributed by atoms with E-state index in [1.54, 1.807) is 0 Å². The summed E-state index contributed by atoms with van der Waals surface area (Å²) >= 11 is 1.47. The zero-order valence-corrected chi connectivity index (χ0v) is 12.2. The van der Waals surface area contributed by atoms with Gasteiger partial charge >= 0.3 is 0 Å². The van der Waals surface area contributed by atoms with Crippen LogP contribution in [0, 0.1) is 5.41 Å². The summed E-state index contributed by atoms with van der Waals surface area (Å²) in [5.41, 5.74) is 0.289. The molecule has 1 amide bonds. The molecular weight excluding hydrogens is 256 g/mol. The first kappa shape index (κ1) is 16.4. The van der Waals surface area contributed by atoms with Crippen LogP contribution in [0.2, 0.25) is 0 Å². The van der Waals surface area contributed by atoms with Crippen LogP contribution in [0.4, 0.5) is 0 Å². The molecule has 0 unspecified atom stereocenters. The fourth-order valence-corrected chi connectivity index (χ4v) is 1.86. The van der Waals surface area contributed by atoms with Gasteiger partial charge in [0.1, 0.15) is 0 Å². The molecule has 2 N–H and O–H groups in total.